The summed E-state index contributed by atoms with van der Waals surface area (Å²) in [5.74, 6) is -3.88. The Labute approximate surface area is 119 Å². The Kier molecular flexibility index (Phi) is 4.00. The molecule has 108 valence electrons. The Bertz CT molecular complexity index is 842. The lowest BCUT2D eigenvalue weighted by Crippen LogP contribution is -2.09. The number of halogens is 3. The van der Waals surface area contributed by atoms with Crippen molar-refractivity contribution in [1.29, 1.82) is 5.26 Å². The molecule has 0 aromatic heterocycles. The van der Waals surface area contributed by atoms with Crippen LogP contribution in [-0.2, 0) is 15.6 Å². The monoisotopic (exact) mass is 311 g/mol. The zero-order valence-electron chi connectivity index (χ0n) is 10.5. The van der Waals surface area contributed by atoms with Crippen LogP contribution in [0.1, 0.15) is 11.1 Å². The summed E-state index contributed by atoms with van der Waals surface area (Å²) in [4.78, 5) is -0.843. The highest BCUT2D eigenvalue weighted by Gasteiger charge is 2.23. The molecule has 0 aliphatic carbocycles. The number of hydrogen-bond acceptors (Lipinski definition) is 3. The van der Waals surface area contributed by atoms with Crippen LogP contribution in [0.5, 0.6) is 0 Å². The Balaban J connectivity index is 2.48. The van der Waals surface area contributed by atoms with E-state index in [9.17, 15) is 21.6 Å². The van der Waals surface area contributed by atoms with Crippen LogP contribution in [0, 0.1) is 28.8 Å². The molecule has 0 spiro atoms. The molecule has 7 heteroatoms. The normalized spacial score (nSPS) is 11.1. The van der Waals surface area contributed by atoms with E-state index in [-0.39, 0.29) is 11.1 Å². The third-order valence-corrected chi connectivity index (χ3v) is 4.45. The highest BCUT2D eigenvalue weighted by molar-refractivity contribution is 7.90. The lowest BCUT2D eigenvalue weighted by atomic mass is 10.1. The summed E-state index contributed by atoms with van der Waals surface area (Å²) in [6.45, 7) is 0. The molecule has 0 aliphatic heterocycles. The van der Waals surface area contributed by atoms with Gasteiger partial charge in [0.2, 0.25) is 0 Å². The predicted octanol–water partition coefficient (Wildman–Crippen LogP) is 2.95. The molecular weight excluding hydrogens is 303 g/mol. The first-order valence-corrected chi connectivity index (χ1v) is 7.35. The summed E-state index contributed by atoms with van der Waals surface area (Å²) in [5.41, 5.74) is -0.597. The summed E-state index contributed by atoms with van der Waals surface area (Å²) < 4.78 is 64.6. The Hall–Kier alpha value is -2.33. The fraction of sp³-hybridized carbons (Fsp3) is 0.0714. The third kappa shape index (κ3) is 3.06. The summed E-state index contributed by atoms with van der Waals surface area (Å²) in [6.07, 6.45) is 0. The molecule has 21 heavy (non-hydrogen) atoms. The predicted molar refractivity (Wildman–Crippen MR) is 68.4 cm³/mol. The lowest BCUT2D eigenvalue weighted by molar-refractivity contribution is 0.551. The van der Waals surface area contributed by atoms with E-state index in [1.165, 1.54) is 18.2 Å². The van der Waals surface area contributed by atoms with Crippen LogP contribution in [0.25, 0.3) is 0 Å². The van der Waals surface area contributed by atoms with Crippen LogP contribution in [0.2, 0.25) is 0 Å². The van der Waals surface area contributed by atoms with Crippen LogP contribution in [0.4, 0.5) is 13.2 Å². The van der Waals surface area contributed by atoms with Gasteiger partial charge in [0.05, 0.1) is 11.3 Å². The van der Waals surface area contributed by atoms with Crippen LogP contribution >= 0.6 is 0 Å². The minimum Gasteiger partial charge on any atom is -0.223 e. The van der Waals surface area contributed by atoms with Crippen molar-refractivity contribution in [2.24, 2.45) is 0 Å². The van der Waals surface area contributed by atoms with E-state index in [2.05, 4.69) is 0 Å². The van der Waals surface area contributed by atoms with Gasteiger partial charge in [-0.2, -0.15) is 5.26 Å². The highest BCUT2D eigenvalue weighted by Crippen LogP contribution is 2.23. The number of benzene rings is 2. The maximum absolute atomic E-state index is 13.8. The van der Waals surface area contributed by atoms with Gasteiger partial charge in [-0.1, -0.05) is 12.1 Å². The second-order valence-corrected chi connectivity index (χ2v) is 6.18. The zero-order valence-corrected chi connectivity index (χ0v) is 11.3. The fourth-order valence-electron chi connectivity index (χ4n) is 1.78. The fourth-order valence-corrected chi connectivity index (χ4v) is 3.22. The van der Waals surface area contributed by atoms with Gasteiger partial charge in [0.1, 0.15) is 28.4 Å². The Morgan fingerprint density at radius 3 is 2.48 bits per heavy atom. The molecule has 2 rings (SSSR count). The molecule has 0 saturated heterocycles. The first-order valence-electron chi connectivity index (χ1n) is 5.70. The summed E-state index contributed by atoms with van der Waals surface area (Å²) in [7, 11) is -4.28. The number of nitriles is 1. The van der Waals surface area contributed by atoms with Crippen LogP contribution in [0.3, 0.4) is 0 Å². The molecule has 0 bridgehead atoms. The zero-order chi connectivity index (χ0) is 15.6. The maximum atomic E-state index is 13.8. The van der Waals surface area contributed by atoms with Crippen molar-refractivity contribution in [2.75, 3.05) is 0 Å². The second kappa shape index (κ2) is 5.58. The van der Waals surface area contributed by atoms with E-state index in [0.717, 1.165) is 6.07 Å². The molecule has 2 aromatic carbocycles. The second-order valence-electron chi connectivity index (χ2n) is 4.22. The average molecular weight is 311 g/mol. The van der Waals surface area contributed by atoms with Gasteiger partial charge in [-0.3, -0.25) is 0 Å². The van der Waals surface area contributed by atoms with E-state index in [1.807, 2.05) is 0 Å². The van der Waals surface area contributed by atoms with Gasteiger partial charge in [0.25, 0.3) is 0 Å². The number of sulfone groups is 1. The molecule has 2 aromatic rings. The topological polar surface area (TPSA) is 57.9 Å². The molecule has 0 saturated carbocycles. The van der Waals surface area contributed by atoms with Crippen molar-refractivity contribution in [1.82, 2.24) is 0 Å². The molecule has 0 atom stereocenters. The minimum atomic E-state index is -4.28. The van der Waals surface area contributed by atoms with Crippen molar-refractivity contribution in [2.45, 2.75) is 10.6 Å². The van der Waals surface area contributed by atoms with Crippen molar-refractivity contribution in [3.05, 3.63) is 65.0 Å². The molecule has 0 heterocycles. The van der Waals surface area contributed by atoms with Gasteiger partial charge in [-0.25, -0.2) is 21.6 Å². The largest absolute Gasteiger partial charge is 0.223 e. The van der Waals surface area contributed by atoms with Gasteiger partial charge in [0.15, 0.2) is 9.84 Å². The summed E-state index contributed by atoms with van der Waals surface area (Å²) in [6, 6.07) is 7.26. The highest BCUT2D eigenvalue weighted by atomic mass is 32.2. The first kappa shape index (κ1) is 15.1. The van der Waals surface area contributed by atoms with Crippen molar-refractivity contribution < 1.29 is 21.6 Å². The van der Waals surface area contributed by atoms with Crippen molar-refractivity contribution >= 4 is 9.84 Å². The van der Waals surface area contributed by atoms with E-state index >= 15 is 0 Å². The minimum absolute atomic E-state index is 0.280. The van der Waals surface area contributed by atoms with Crippen molar-refractivity contribution in [3.63, 3.8) is 0 Å². The smallest absolute Gasteiger partial charge is 0.185 e. The Morgan fingerprint density at radius 2 is 1.81 bits per heavy atom. The van der Waals surface area contributed by atoms with E-state index < -0.39 is 37.9 Å². The molecule has 0 amide bonds. The molecule has 0 N–H and O–H groups in total. The third-order valence-electron chi connectivity index (χ3n) is 2.77. The quantitative estimate of drug-likeness (QED) is 0.875. The van der Waals surface area contributed by atoms with Gasteiger partial charge in [-0.05, 0) is 24.3 Å². The van der Waals surface area contributed by atoms with E-state index in [4.69, 9.17) is 5.26 Å². The SMILES string of the molecule is N#Cc1cccc(CS(=O)(=O)c2cc(F)ccc2F)c1F. The first-order chi connectivity index (χ1) is 9.85. The molecule has 0 radical (unpaired) electrons. The van der Waals surface area contributed by atoms with Gasteiger partial charge >= 0.3 is 0 Å². The lowest BCUT2D eigenvalue weighted by Gasteiger charge is -2.07. The average Bonchev–Trinajstić information content (AvgIpc) is 2.43. The van der Waals surface area contributed by atoms with Crippen molar-refractivity contribution in [3.8, 4) is 6.07 Å². The van der Waals surface area contributed by atoms with Crippen LogP contribution in [-0.4, -0.2) is 8.42 Å². The number of hydrogen-bond donors (Lipinski definition) is 0. The molecule has 3 nitrogen and oxygen atoms in total. The number of rotatable bonds is 3. The van der Waals surface area contributed by atoms with Gasteiger partial charge in [-0.15, -0.1) is 0 Å². The maximum Gasteiger partial charge on any atom is 0.185 e. The van der Waals surface area contributed by atoms with Gasteiger partial charge < -0.3 is 0 Å². The summed E-state index contributed by atoms with van der Waals surface area (Å²) >= 11 is 0. The summed E-state index contributed by atoms with van der Waals surface area (Å²) in [5, 5.41) is 8.69. The van der Waals surface area contributed by atoms with Crippen LogP contribution < -0.4 is 0 Å². The Morgan fingerprint density at radius 1 is 1.10 bits per heavy atom. The molecule has 0 fully saturated rings. The molecule has 0 unspecified atom stereocenters. The molecule has 0 aliphatic rings. The number of nitrogens with zero attached hydrogens (tertiary/aromatic N) is 1. The molecular formula is C14H8F3NO2S. The van der Waals surface area contributed by atoms with Crippen LogP contribution in [0.15, 0.2) is 41.3 Å². The van der Waals surface area contributed by atoms with E-state index in [1.54, 1.807) is 6.07 Å². The van der Waals surface area contributed by atoms with E-state index in [0.29, 0.717) is 12.1 Å². The standard InChI is InChI=1S/C14H8F3NO2S/c15-11-4-5-12(16)13(6-11)21(19,20)8-10-3-1-2-9(7-18)14(10)17/h1-6H,8H2. The van der Waals surface area contributed by atoms with Gasteiger partial charge in [0, 0.05) is 5.56 Å².